The summed E-state index contributed by atoms with van der Waals surface area (Å²) >= 11 is 0. The van der Waals surface area contributed by atoms with Crippen LogP contribution in [0.4, 0.5) is 0 Å². The average molecular weight is 310 g/mol. The van der Waals surface area contributed by atoms with Crippen LogP contribution in [-0.2, 0) is 0 Å². The number of benzene rings is 1. The van der Waals surface area contributed by atoms with E-state index in [1.807, 2.05) is 67.8 Å². The van der Waals surface area contributed by atoms with Crippen LogP contribution in [0.3, 0.4) is 0 Å². The molecule has 4 nitrogen and oxygen atoms in total. The van der Waals surface area contributed by atoms with Crippen molar-refractivity contribution in [3.05, 3.63) is 53.9 Å². The molecule has 1 atom stereocenters. The van der Waals surface area contributed by atoms with E-state index >= 15 is 0 Å². The van der Waals surface area contributed by atoms with Gasteiger partial charge >= 0.3 is 0 Å². The molecule has 0 saturated heterocycles. The molecular weight excluding hydrogens is 288 g/mol. The lowest BCUT2D eigenvalue weighted by atomic mass is 10.1. The van der Waals surface area contributed by atoms with Crippen molar-refractivity contribution < 1.29 is 9.84 Å². The summed E-state index contributed by atoms with van der Waals surface area (Å²) in [6.45, 7) is 7.80. The fraction of sp³-hybridized carbons (Fsp3) is 0.316. The Morgan fingerprint density at radius 1 is 1.09 bits per heavy atom. The number of aliphatic hydroxyl groups excluding tert-OH is 1. The summed E-state index contributed by atoms with van der Waals surface area (Å²) in [5.41, 5.74) is 4.55. The van der Waals surface area contributed by atoms with Crippen LogP contribution in [0.25, 0.3) is 16.9 Å². The summed E-state index contributed by atoms with van der Waals surface area (Å²) in [6.07, 6.45) is 1.48. The number of aromatic nitrogens is 2. The van der Waals surface area contributed by atoms with E-state index in [1.54, 1.807) is 6.92 Å². The number of aryl methyl sites for hydroxylation is 1. The molecule has 3 rings (SSSR count). The first-order chi connectivity index (χ1) is 11.0. The molecule has 0 saturated carbocycles. The van der Waals surface area contributed by atoms with E-state index in [2.05, 4.69) is 0 Å². The van der Waals surface area contributed by atoms with E-state index in [0.29, 0.717) is 0 Å². The van der Waals surface area contributed by atoms with E-state index < -0.39 is 6.10 Å². The third kappa shape index (κ3) is 2.94. The van der Waals surface area contributed by atoms with Gasteiger partial charge in [0.05, 0.1) is 23.6 Å². The van der Waals surface area contributed by atoms with E-state index in [4.69, 9.17) is 9.72 Å². The van der Waals surface area contributed by atoms with Crippen molar-refractivity contribution in [2.24, 2.45) is 0 Å². The Bertz CT molecular complexity index is 817. The monoisotopic (exact) mass is 310 g/mol. The molecule has 0 spiro atoms. The Labute approximate surface area is 136 Å². The van der Waals surface area contributed by atoms with Crippen LogP contribution < -0.4 is 4.74 Å². The average Bonchev–Trinajstić information content (AvgIpc) is 2.88. The fourth-order valence-electron chi connectivity index (χ4n) is 2.80. The smallest absolute Gasteiger partial charge is 0.140 e. The highest BCUT2D eigenvalue weighted by molar-refractivity contribution is 5.69. The number of imidazole rings is 1. The van der Waals surface area contributed by atoms with Gasteiger partial charge < -0.3 is 14.2 Å². The highest BCUT2D eigenvalue weighted by Gasteiger charge is 2.18. The first-order valence-electron chi connectivity index (χ1n) is 7.90. The molecule has 23 heavy (non-hydrogen) atoms. The van der Waals surface area contributed by atoms with Crippen molar-refractivity contribution in [2.45, 2.75) is 39.9 Å². The molecule has 2 aromatic heterocycles. The third-order valence-corrected chi connectivity index (χ3v) is 3.78. The van der Waals surface area contributed by atoms with Crippen molar-refractivity contribution in [3.8, 4) is 17.0 Å². The maximum absolute atomic E-state index is 10.2. The lowest BCUT2D eigenvalue weighted by molar-refractivity contribution is 0.194. The fourth-order valence-corrected chi connectivity index (χ4v) is 2.80. The minimum absolute atomic E-state index is 0.145. The molecule has 0 fully saturated rings. The topological polar surface area (TPSA) is 46.8 Å². The molecule has 0 aliphatic carbocycles. The van der Waals surface area contributed by atoms with E-state index in [9.17, 15) is 5.11 Å². The van der Waals surface area contributed by atoms with E-state index in [1.165, 1.54) is 0 Å². The molecule has 0 aliphatic heterocycles. The SMILES string of the molecule is Cc1cccn2c(C(C)O)c(-c3ccc(OC(C)C)cc3)nc12. The number of fused-ring (bicyclic) bond motifs is 1. The van der Waals surface area contributed by atoms with Crippen molar-refractivity contribution in [2.75, 3.05) is 0 Å². The standard InChI is InChI=1S/C19H22N2O2/c1-12(2)23-16-9-7-15(8-10-16)17-18(14(4)22)21-11-5-6-13(3)19(21)20-17/h5-12,14,22H,1-4H3. The molecular formula is C19H22N2O2. The van der Waals surface area contributed by atoms with Gasteiger partial charge in [-0.05, 0) is 63.6 Å². The van der Waals surface area contributed by atoms with Crippen molar-refractivity contribution in [1.29, 1.82) is 0 Å². The van der Waals surface area contributed by atoms with Gasteiger partial charge in [0.25, 0.3) is 0 Å². The number of pyridine rings is 1. The normalized spacial score (nSPS) is 12.8. The minimum atomic E-state index is -0.603. The lowest BCUT2D eigenvalue weighted by Crippen LogP contribution is -2.05. The number of hydrogen-bond acceptors (Lipinski definition) is 3. The van der Waals surface area contributed by atoms with E-state index in [0.717, 1.165) is 33.9 Å². The maximum Gasteiger partial charge on any atom is 0.140 e. The van der Waals surface area contributed by atoms with Gasteiger partial charge in [0.2, 0.25) is 0 Å². The summed E-state index contributed by atoms with van der Waals surface area (Å²) in [7, 11) is 0. The summed E-state index contributed by atoms with van der Waals surface area (Å²) in [4.78, 5) is 4.76. The largest absolute Gasteiger partial charge is 0.491 e. The van der Waals surface area contributed by atoms with Crippen LogP contribution >= 0.6 is 0 Å². The second-order valence-corrected chi connectivity index (χ2v) is 6.10. The molecule has 0 bridgehead atoms. The highest BCUT2D eigenvalue weighted by Crippen LogP contribution is 2.31. The van der Waals surface area contributed by atoms with Crippen LogP contribution in [-0.4, -0.2) is 20.6 Å². The third-order valence-electron chi connectivity index (χ3n) is 3.78. The lowest BCUT2D eigenvalue weighted by Gasteiger charge is -2.11. The van der Waals surface area contributed by atoms with Gasteiger partial charge in [-0.1, -0.05) is 6.07 Å². The highest BCUT2D eigenvalue weighted by atomic mass is 16.5. The molecule has 120 valence electrons. The Hall–Kier alpha value is -2.33. The molecule has 1 unspecified atom stereocenters. The predicted molar refractivity (Wildman–Crippen MR) is 91.8 cm³/mol. The number of nitrogens with zero attached hydrogens (tertiary/aromatic N) is 2. The zero-order valence-corrected chi connectivity index (χ0v) is 13.9. The van der Waals surface area contributed by atoms with Gasteiger partial charge in [0, 0.05) is 11.8 Å². The molecule has 0 radical (unpaired) electrons. The maximum atomic E-state index is 10.2. The summed E-state index contributed by atoms with van der Waals surface area (Å²) < 4.78 is 7.65. The van der Waals surface area contributed by atoms with Gasteiger partial charge in [-0.2, -0.15) is 0 Å². The summed E-state index contributed by atoms with van der Waals surface area (Å²) in [5, 5.41) is 10.2. The molecule has 1 N–H and O–H groups in total. The molecule has 0 aliphatic rings. The Balaban J connectivity index is 2.12. The first-order valence-corrected chi connectivity index (χ1v) is 7.90. The zero-order valence-electron chi connectivity index (χ0n) is 13.9. The van der Waals surface area contributed by atoms with Crippen LogP contribution in [0.15, 0.2) is 42.6 Å². The second-order valence-electron chi connectivity index (χ2n) is 6.10. The molecule has 0 amide bonds. The number of aliphatic hydroxyl groups is 1. The van der Waals surface area contributed by atoms with Crippen molar-refractivity contribution >= 4 is 5.65 Å². The Morgan fingerprint density at radius 2 is 1.78 bits per heavy atom. The predicted octanol–water partition coefficient (Wildman–Crippen LogP) is 4.15. The van der Waals surface area contributed by atoms with E-state index in [-0.39, 0.29) is 6.10 Å². The Morgan fingerprint density at radius 3 is 2.39 bits per heavy atom. The van der Waals surface area contributed by atoms with Crippen LogP contribution in [0.5, 0.6) is 5.75 Å². The van der Waals surface area contributed by atoms with Gasteiger partial charge in [0.1, 0.15) is 11.4 Å². The van der Waals surface area contributed by atoms with Gasteiger partial charge in [0.15, 0.2) is 0 Å². The molecule has 1 aromatic carbocycles. The van der Waals surface area contributed by atoms with Gasteiger partial charge in [-0.25, -0.2) is 4.98 Å². The van der Waals surface area contributed by atoms with Gasteiger partial charge in [-0.3, -0.25) is 0 Å². The molecule has 3 aromatic rings. The molecule has 2 heterocycles. The number of hydrogen-bond donors (Lipinski definition) is 1. The minimum Gasteiger partial charge on any atom is -0.491 e. The van der Waals surface area contributed by atoms with Gasteiger partial charge in [-0.15, -0.1) is 0 Å². The zero-order chi connectivity index (χ0) is 16.6. The quantitative estimate of drug-likeness (QED) is 0.787. The van der Waals surface area contributed by atoms with Crippen molar-refractivity contribution in [3.63, 3.8) is 0 Å². The molecule has 4 heteroatoms. The summed E-state index contributed by atoms with van der Waals surface area (Å²) in [5.74, 6) is 0.835. The van der Waals surface area contributed by atoms with Crippen LogP contribution in [0.2, 0.25) is 0 Å². The first kappa shape index (κ1) is 15.6. The van der Waals surface area contributed by atoms with Crippen molar-refractivity contribution in [1.82, 2.24) is 9.38 Å². The van der Waals surface area contributed by atoms with Crippen LogP contribution in [0.1, 0.15) is 38.1 Å². The summed E-state index contributed by atoms with van der Waals surface area (Å²) in [6, 6.07) is 11.9. The second kappa shape index (κ2) is 6.05. The number of ether oxygens (including phenoxy) is 1. The number of rotatable bonds is 4. The van der Waals surface area contributed by atoms with Crippen LogP contribution in [0, 0.1) is 6.92 Å². The Kier molecular flexibility index (Phi) is 4.09.